The van der Waals surface area contributed by atoms with Crippen LogP contribution in [0.4, 0.5) is 10.5 Å². The van der Waals surface area contributed by atoms with Gasteiger partial charge in [0.15, 0.2) is 6.61 Å². The Morgan fingerprint density at radius 2 is 1.69 bits per heavy atom. The van der Waals surface area contributed by atoms with Crippen molar-refractivity contribution in [2.24, 2.45) is 0 Å². The predicted octanol–water partition coefficient (Wildman–Crippen LogP) is 3.43. The van der Waals surface area contributed by atoms with E-state index in [1.165, 1.54) is 11.8 Å². The molecule has 1 saturated heterocycles. The van der Waals surface area contributed by atoms with Gasteiger partial charge < -0.3 is 15.4 Å². The van der Waals surface area contributed by atoms with Gasteiger partial charge in [-0.2, -0.15) is 0 Å². The summed E-state index contributed by atoms with van der Waals surface area (Å²) in [5, 5.41) is 5.38. The van der Waals surface area contributed by atoms with Gasteiger partial charge in [-0.3, -0.25) is 19.3 Å². The van der Waals surface area contributed by atoms with E-state index in [0.717, 1.165) is 14.7 Å². The summed E-state index contributed by atoms with van der Waals surface area (Å²) in [5.41, 5.74) is -0.401. The Balaban J connectivity index is 1.54. The van der Waals surface area contributed by atoms with E-state index in [4.69, 9.17) is 4.74 Å². The van der Waals surface area contributed by atoms with Crippen LogP contribution in [0.5, 0.6) is 0 Å². The first-order valence-electron chi connectivity index (χ1n) is 10.3. The van der Waals surface area contributed by atoms with E-state index in [0.29, 0.717) is 18.5 Å². The van der Waals surface area contributed by atoms with Gasteiger partial charge in [0.05, 0.1) is 5.69 Å². The number of carbonyl (C=O) groups is 4. The zero-order chi connectivity index (χ0) is 23.1. The highest BCUT2D eigenvalue weighted by Gasteiger charge is 2.49. The van der Waals surface area contributed by atoms with Gasteiger partial charge in [0, 0.05) is 9.79 Å². The van der Waals surface area contributed by atoms with Crippen molar-refractivity contribution in [3.05, 3.63) is 54.6 Å². The average molecular weight is 456 g/mol. The molecular formula is C23H25N3O5S. The molecule has 0 aromatic heterocycles. The lowest BCUT2D eigenvalue weighted by Crippen LogP contribution is -2.46. The first-order valence-corrected chi connectivity index (χ1v) is 11.1. The summed E-state index contributed by atoms with van der Waals surface area (Å²) < 4.78 is 5.00. The van der Waals surface area contributed by atoms with Crippen molar-refractivity contribution >= 4 is 41.3 Å². The molecule has 3 rings (SSSR count). The molecule has 1 aliphatic heterocycles. The average Bonchev–Trinajstić information content (AvgIpc) is 3.04. The van der Waals surface area contributed by atoms with Crippen molar-refractivity contribution < 1.29 is 23.9 Å². The van der Waals surface area contributed by atoms with Crippen LogP contribution in [0.3, 0.4) is 0 Å². The molecule has 0 spiro atoms. The number of amides is 4. The monoisotopic (exact) mass is 455 g/mol. The minimum Gasteiger partial charge on any atom is -0.454 e. The number of hydrogen-bond acceptors (Lipinski definition) is 6. The van der Waals surface area contributed by atoms with Crippen LogP contribution in [0.25, 0.3) is 0 Å². The fraction of sp³-hybridized carbons (Fsp3) is 0.304. The van der Waals surface area contributed by atoms with Gasteiger partial charge >= 0.3 is 12.0 Å². The van der Waals surface area contributed by atoms with Crippen LogP contribution in [-0.2, 0) is 19.1 Å². The quantitative estimate of drug-likeness (QED) is 0.443. The Labute approximate surface area is 190 Å². The first kappa shape index (κ1) is 23.3. The summed E-state index contributed by atoms with van der Waals surface area (Å²) in [4.78, 5) is 51.9. The number of hydrogen-bond donors (Lipinski definition) is 2. The number of para-hydroxylation sites is 1. The van der Waals surface area contributed by atoms with E-state index in [9.17, 15) is 19.2 Å². The van der Waals surface area contributed by atoms with Gasteiger partial charge in [0.2, 0.25) is 0 Å². The molecule has 168 valence electrons. The molecule has 32 heavy (non-hydrogen) atoms. The van der Waals surface area contributed by atoms with Crippen LogP contribution in [0.1, 0.15) is 26.7 Å². The molecule has 2 aromatic rings. The number of esters is 1. The summed E-state index contributed by atoms with van der Waals surface area (Å²) >= 11 is 1.50. The molecule has 1 fully saturated rings. The highest BCUT2D eigenvalue weighted by Crippen LogP contribution is 2.33. The minimum atomic E-state index is -0.991. The number of nitrogens with one attached hydrogen (secondary N) is 2. The van der Waals surface area contributed by atoms with E-state index in [1.54, 1.807) is 26.0 Å². The number of benzene rings is 2. The fourth-order valence-electron chi connectivity index (χ4n) is 3.33. The Bertz CT molecular complexity index is 1010. The van der Waals surface area contributed by atoms with Crippen molar-refractivity contribution in [1.29, 1.82) is 0 Å². The molecule has 0 aliphatic carbocycles. The molecule has 8 nitrogen and oxygen atoms in total. The second kappa shape index (κ2) is 10.3. The maximum absolute atomic E-state index is 12.6. The van der Waals surface area contributed by atoms with Crippen LogP contribution in [0.15, 0.2) is 64.4 Å². The maximum Gasteiger partial charge on any atom is 0.326 e. The number of anilines is 1. The molecule has 9 heteroatoms. The van der Waals surface area contributed by atoms with Crippen LogP contribution in [-0.4, -0.2) is 47.4 Å². The van der Waals surface area contributed by atoms with Gasteiger partial charge in [-0.1, -0.05) is 55.9 Å². The van der Waals surface area contributed by atoms with E-state index in [2.05, 4.69) is 10.6 Å². The second-order valence-corrected chi connectivity index (χ2v) is 8.35. The molecule has 0 atom stereocenters. The Morgan fingerprint density at radius 1 is 1.03 bits per heavy atom. The summed E-state index contributed by atoms with van der Waals surface area (Å²) in [6.45, 7) is 2.52. The van der Waals surface area contributed by atoms with Gasteiger partial charge in [-0.15, -0.1) is 0 Å². The maximum atomic E-state index is 12.6. The Hall–Kier alpha value is -3.33. The Morgan fingerprint density at radius 3 is 2.34 bits per heavy atom. The molecule has 2 aromatic carbocycles. The third-order valence-electron chi connectivity index (χ3n) is 5.24. The molecule has 0 radical (unpaired) electrons. The molecule has 0 saturated carbocycles. The van der Waals surface area contributed by atoms with E-state index < -0.39 is 42.5 Å². The van der Waals surface area contributed by atoms with E-state index in [-0.39, 0.29) is 0 Å². The van der Waals surface area contributed by atoms with Crippen molar-refractivity contribution in [2.75, 3.05) is 18.5 Å². The molecule has 1 heterocycles. The van der Waals surface area contributed by atoms with Gasteiger partial charge in [-0.05, 0) is 37.1 Å². The number of ether oxygens (including phenoxy) is 1. The smallest absolute Gasteiger partial charge is 0.326 e. The standard InChI is InChI=1S/C23H25N3O5S/c1-3-23(4-2)21(29)26(22(30)25-23)14-20(28)31-15-19(27)24-17-12-8-9-13-18(17)32-16-10-6-5-7-11-16/h5-13H,3-4,14-15H2,1-2H3,(H,24,27)(H,25,30). The minimum absolute atomic E-state index is 0.419. The fourth-order valence-corrected chi connectivity index (χ4v) is 4.25. The van der Waals surface area contributed by atoms with Crippen LogP contribution in [0.2, 0.25) is 0 Å². The largest absolute Gasteiger partial charge is 0.454 e. The molecule has 1 aliphatic rings. The summed E-state index contributed by atoms with van der Waals surface area (Å²) in [5.74, 6) is -1.81. The van der Waals surface area contributed by atoms with Gasteiger partial charge in [0.1, 0.15) is 12.1 Å². The number of nitrogens with zero attached hydrogens (tertiary/aromatic N) is 1. The van der Waals surface area contributed by atoms with E-state index in [1.807, 2.05) is 42.5 Å². The SMILES string of the molecule is CCC1(CC)NC(=O)N(CC(=O)OCC(=O)Nc2ccccc2Sc2ccccc2)C1=O. The second-order valence-electron chi connectivity index (χ2n) is 7.23. The molecule has 4 amide bonds. The molecule has 0 bridgehead atoms. The van der Waals surface area contributed by atoms with Crippen LogP contribution in [0, 0.1) is 0 Å². The van der Waals surface area contributed by atoms with Gasteiger partial charge in [-0.25, -0.2) is 4.79 Å². The van der Waals surface area contributed by atoms with E-state index >= 15 is 0 Å². The first-order chi connectivity index (χ1) is 15.4. The topological polar surface area (TPSA) is 105 Å². The predicted molar refractivity (Wildman–Crippen MR) is 120 cm³/mol. The molecule has 2 N–H and O–H groups in total. The normalized spacial score (nSPS) is 14.8. The highest BCUT2D eigenvalue weighted by atomic mass is 32.2. The number of urea groups is 1. The van der Waals surface area contributed by atoms with Crippen molar-refractivity contribution in [3.8, 4) is 0 Å². The number of rotatable bonds is 9. The van der Waals surface area contributed by atoms with Crippen molar-refractivity contribution in [2.45, 2.75) is 42.0 Å². The Kier molecular flexibility index (Phi) is 7.53. The highest BCUT2D eigenvalue weighted by molar-refractivity contribution is 7.99. The lowest BCUT2D eigenvalue weighted by atomic mass is 9.93. The number of imide groups is 1. The van der Waals surface area contributed by atoms with Crippen molar-refractivity contribution in [1.82, 2.24) is 10.2 Å². The third-order valence-corrected chi connectivity index (χ3v) is 6.32. The summed E-state index contributed by atoms with van der Waals surface area (Å²) in [6, 6.07) is 16.4. The zero-order valence-corrected chi connectivity index (χ0v) is 18.7. The number of carbonyl (C=O) groups excluding carboxylic acids is 4. The molecule has 0 unspecified atom stereocenters. The summed E-state index contributed by atoms with van der Waals surface area (Å²) in [7, 11) is 0. The summed E-state index contributed by atoms with van der Waals surface area (Å²) in [6.07, 6.45) is 0.838. The lowest BCUT2D eigenvalue weighted by molar-refractivity contribution is -0.150. The lowest BCUT2D eigenvalue weighted by Gasteiger charge is -2.22. The van der Waals surface area contributed by atoms with Crippen molar-refractivity contribution in [3.63, 3.8) is 0 Å². The van der Waals surface area contributed by atoms with Gasteiger partial charge in [0.25, 0.3) is 11.8 Å². The molecular weight excluding hydrogens is 430 g/mol. The van der Waals surface area contributed by atoms with Crippen LogP contribution >= 0.6 is 11.8 Å². The van der Waals surface area contributed by atoms with Crippen LogP contribution < -0.4 is 10.6 Å². The third kappa shape index (κ3) is 5.28. The zero-order valence-electron chi connectivity index (χ0n) is 17.9.